The molecule has 1 aromatic carbocycles. The molecule has 8 nitrogen and oxygen atoms in total. The minimum absolute atomic E-state index is 0.00174. The van der Waals surface area contributed by atoms with Gasteiger partial charge in [0.05, 0.1) is 28.8 Å². The van der Waals surface area contributed by atoms with E-state index in [0.29, 0.717) is 41.1 Å². The second-order valence-electron chi connectivity index (χ2n) is 7.22. The van der Waals surface area contributed by atoms with Gasteiger partial charge in [-0.2, -0.15) is 4.68 Å². The van der Waals surface area contributed by atoms with Crippen molar-refractivity contribution in [2.24, 2.45) is 0 Å². The van der Waals surface area contributed by atoms with Gasteiger partial charge in [0.2, 0.25) is 0 Å². The average molecular weight is 480 g/mol. The number of nitrogens with zero attached hydrogens (tertiary/aromatic N) is 5. The lowest BCUT2D eigenvalue weighted by molar-refractivity contribution is -0.389. The quantitative estimate of drug-likeness (QED) is 0.391. The van der Waals surface area contributed by atoms with E-state index in [2.05, 4.69) is 10.00 Å². The van der Waals surface area contributed by atoms with E-state index >= 15 is 0 Å². The zero-order chi connectivity index (χ0) is 22.0. The summed E-state index contributed by atoms with van der Waals surface area (Å²) < 4.78 is 1.49. The molecule has 2 aromatic heterocycles. The number of carbonyl (C=O) groups is 1. The van der Waals surface area contributed by atoms with Gasteiger partial charge < -0.3 is 15.0 Å². The standard InChI is InChI=1S/C20H19Cl2N5O3S/c21-16-2-1-3-17(22)15(16)12-24-6-8-25(9-7-24)20(28)18-10-14(13-31-18)11-26-5-4-19(23-26)27(29)30/h1-5,10,13H,6-9,11-12H2. The second kappa shape index (κ2) is 9.35. The number of rotatable bonds is 6. The number of carbonyl (C=O) groups excluding carboxylic acids is 1. The number of benzene rings is 1. The average Bonchev–Trinajstić information content (AvgIpc) is 3.41. The molecule has 3 heterocycles. The van der Waals surface area contributed by atoms with Crippen LogP contribution in [0.15, 0.2) is 41.9 Å². The van der Waals surface area contributed by atoms with Gasteiger partial charge in [-0.25, -0.2) is 0 Å². The van der Waals surface area contributed by atoms with Crippen molar-refractivity contribution >= 4 is 46.3 Å². The monoisotopic (exact) mass is 479 g/mol. The van der Waals surface area contributed by atoms with Crippen molar-refractivity contribution in [1.29, 1.82) is 0 Å². The van der Waals surface area contributed by atoms with Gasteiger partial charge in [0, 0.05) is 48.3 Å². The molecule has 162 valence electrons. The maximum absolute atomic E-state index is 12.9. The van der Waals surface area contributed by atoms with Crippen LogP contribution < -0.4 is 0 Å². The Balaban J connectivity index is 1.33. The molecule has 11 heteroatoms. The summed E-state index contributed by atoms with van der Waals surface area (Å²) in [5.74, 6) is -0.194. The number of thiophene rings is 1. The molecule has 0 radical (unpaired) electrons. The fraction of sp³-hybridized carbons (Fsp3) is 0.300. The Bertz CT molecular complexity index is 1090. The van der Waals surface area contributed by atoms with Crippen LogP contribution in [0.3, 0.4) is 0 Å². The van der Waals surface area contributed by atoms with Gasteiger partial charge in [0.25, 0.3) is 5.91 Å². The number of aromatic nitrogens is 2. The highest BCUT2D eigenvalue weighted by Gasteiger charge is 2.24. The summed E-state index contributed by atoms with van der Waals surface area (Å²) in [6, 6.07) is 8.68. The van der Waals surface area contributed by atoms with E-state index in [9.17, 15) is 14.9 Å². The van der Waals surface area contributed by atoms with Gasteiger partial charge in [0.1, 0.15) is 0 Å². The minimum atomic E-state index is -0.529. The molecule has 0 N–H and O–H groups in total. The predicted octanol–water partition coefficient (Wildman–Crippen LogP) is 4.17. The lowest BCUT2D eigenvalue weighted by atomic mass is 10.2. The topological polar surface area (TPSA) is 84.5 Å². The Labute approximate surface area is 192 Å². The second-order valence-corrected chi connectivity index (χ2v) is 8.94. The molecule has 0 saturated carbocycles. The van der Waals surface area contributed by atoms with Crippen LogP contribution in [0.4, 0.5) is 5.82 Å². The largest absolute Gasteiger partial charge is 0.389 e. The molecule has 0 bridgehead atoms. The lowest BCUT2D eigenvalue weighted by Crippen LogP contribution is -2.48. The van der Waals surface area contributed by atoms with Gasteiger partial charge in [-0.15, -0.1) is 11.3 Å². The SMILES string of the molecule is O=C(c1cc(Cn2ccc([N+](=O)[O-])n2)cs1)N1CCN(Cc2c(Cl)cccc2Cl)CC1. The molecule has 1 amide bonds. The van der Waals surface area contributed by atoms with Crippen LogP contribution in [0, 0.1) is 10.1 Å². The van der Waals surface area contributed by atoms with E-state index in [1.54, 1.807) is 6.20 Å². The zero-order valence-electron chi connectivity index (χ0n) is 16.4. The van der Waals surface area contributed by atoms with E-state index in [1.807, 2.05) is 34.5 Å². The Hall–Kier alpha value is -2.46. The van der Waals surface area contributed by atoms with Crippen molar-refractivity contribution in [2.75, 3.05) is 26.2 Å². The molecule has 0 unspecified atom stereocenters. The summed E-state index contributed by atoms with van der Waals surface area (Å²) in [5.41, 5.74) is 1.80. The van der Waals surface area contributed by atoms with E-state index in [1.165, 1.54) is 22.1 Å². The van der Waals surface area contributed by atoms with E-state index in [0.717, 1.165) is 24.2 Å². The Morgan fingerprint density at radius 1 is 1.13 bits per heavy atom. The number of nitro groups is 1. The first-order valence-corrected chi connectivity index (χ1v) is 11.2. The molecule has 3 aromatic rings. The van der Waals surface area contributed by atoms with Crippen LogP contribution in [0.1, 0.15) is 20.8 Å². The van der Waals surface area contributed by atoms with Crippen molar-refractivity contribution in [3.8, 4) is 0 Å². The highest BCUT2D eigenvalue weighted by Crippen LogP contribution is 2.26. The molecule has 4 rings (SSSR count). The summed E-state index contributed by atoms with van der Waals surface area (Å²) >= 11 is 13.9. The Morgan fingerprint density at radius 2 is 1.84 bits per heavy atom. The first-order valence-electron chi connectivity index (χ1n) is 9.60. The van der Waals surface area contributed by atoms with E-state index < -0.39 is 4.92 Å². The molecule has 1 aliphatic rings. The van der Waals surface area contributed by atoms with Crippen LogP contribution >= 0.6 is 34.5 Å². The smallest absolute Gasteiger partial charge is 0.358 e. The number of hydrogen-bond acceptors (Lipinski definition) is 6. The third kappa shape index (κ3) is 5.07. The maximum Gasteiger partial charge on any atom is 0.389 e. The van der Waals surface area contributed by atoms with Crippen molar-refractivity contribution in [3.63, 3.8) is 0 Å². The van der Waals surface area contributed by atoms with Crippen molar-refractivity contribution < 1.29 is 9.72 Å². The molecule has 1 saturated heterocycles. The third-order valence-corrected chi connectivity index (χ3v) is 6.80. The van der Waals surface area contributed by atoms with Gasteiger partial charge in [0.15, 0.2) is 0 Å². The molecule has 31 heavy (non-hydrogen) atoms. The Kier molecular flexibility index (Phi) is 6.57. The van der Waals surface area contributed by atoms with E-state index in [-0.39, 0.29) is 11.7 Å². The number of hydrogen-bond donors (Lipinski definition) is 0. The maximum atomic E-state index is 12.9. The van der Waals surface area contributed by atoms with Crippen LogP contribution in [-0.4, -0.2) is 56.6 Å². The molecule has 0 spiro atoms. The first kappa shape index (κ1) is 21.8. The van der Waals surface area contributed by atoms with Crippen LogP contribution in [0.25, 0.3) is 0 Å². The van der Waals surface area contributed by atoms with Gasteiger partial charge in [-0.1, -0.05) is 29.3 Å². The number of amides is 1. The zero-order valence-corrected chi connectivity index (χ0v) is 18.7. The Morgan fingerprint density at radius 3 is 2.48 bits per heavy atom. The van der Waals surface area contributed by atoms with Crippen LogP contribution in [0.2, 0.25) is 10.0 Å². The fourth-order valence-electron chi connectivity index (χ4n) is 3.47. The summed E-state index contributed by atoms with van der Waals surface area (Å²) in [4.78, 5) is 27.9. The molecule has 1 aliphatic heterocycles. The van der Waals surface area contributed by atoms with Gasteiger partial charge in [-0.05, 0) is 34.1 Å². The van der Waals surface area contributed by atoms with E-state index in [4.69, 9.17) is 23.2 Å². The molecular formula is C20H19Cl2N5O3S. The number of piperazine rings is 1. The van der Waals surface area contributed by atoms with Crippen molar-refractivity contribution in [1.82, 2.24) is 19.6 Å². The highest BCUT2D eigenvalue weighted by molar-refractivity contribution is 7.12. The molecule has 1 fully saturated rings. The van der Waals surface area contributed by atoms with Crippen molar-refractivity contribution in [3.05, 3.63) is 78.1 Å². The van der Waals surface area contributed by atoms with Gasteiger partial charge >= 0.3 is 5.82 Å². The number of halogens is 2. The minimum Gasteiger partial charge on any atom is -0.358 e. The summed E-state index contributed by atoms with van der Waals surface area (Å²) in [5, 5.41) is 17.9. The molecule has 0 atom stereocenters. The van der Waals surface area contributed by atoms with Crippen LogP contribution in [-0.2, 0) is 13.1 Å². The summed E-state index contributed by atoms with van der Waals surface area (Å²) in [6.07, 6.45) is 1.56. The lowest BCUT2D eigenvalue weighted by Gasteiger charge is -2.34. The summed E-state index contributed by atoms with van der Waals surface area (Å²) in [7, 11) is 0. The highest BCUT2D eigenvalue weighted by atomic mass is 35.5. The predicted molar refractivity (Wildman–Crippen MR) is 120 cm³/mol. The van der Waals surface area contributed by atoms with Gasteiger partial charge in [-0.3, -0.25) is 9.69 Å². The van der Waals surface area contributed by atoms with Crippen molar-refractivity contribution in [2.45, 2.75) is 13.1 Å². The summed E-state index contributed by atoms with van der Waals surface area (Å²) in [6.45, 7) is 3.76. The molecular weight excluding hydrogens is 461 g/mol. The molecule has 0 aliphatic carbocycles. The normalized spacial score (nSPS) is 14.7. The third-order valence-electron chi connectivity index (χ3n) is 5.13. The van der Waals surface area contributed by atoms with Crippen LogP contribution in [0.5, 0.6) is 0 Å². The fourth-order valence-corrected chi connectivity index (χ4v) is 4.85. The first-order chi connectivity index (χ1) is 14.9.